The van der Waals surface area contributed by atoms with Gasteiger partial charge >= 0.3 is 0 Å². The highest BCUT2D eigenvalue weighted by Crippen LogP contribution is 2.30. The third kappa shape index (κ3) is 6.22. The molecule has 0 N–H and O–H groups in total. The lowest BCUT2D eigenvalue weighted by atomic mass is 9.91. The molecular weight excluding hydrogens is 383 g/mol. The van der Waals surface area contributed by atoms with Crippen LogP contribution in [0.4, 0.5) is 0 Å². The third-order valence-electron chi connectivity index (χ3n) is 5.44. The molecular formula is C22H33BN2O5. The summed E-state index contributed by atoms with van der Waals surface area (Å²) in [7, 11) is 9.39. The second-order valence-electron chi connectivity index (χ2n) is 7.85. The maximum atomic E-state index is 13.4. The van der Waals surface area contributed by atoms with Gasteiger partial charge in [0.25, 0.3) is 5.91 Å². The Bertz CT molecular complexity index is 700. The number of methoxy groups -OCH3 is 2. The summed E-state index contributed by atoms with van der Waals surface area (Å²) >= 11 is 0. The van der Waals surface area contributed by atoms with Crippen molar-refractivity contribution in [3.05, 3.63) is 23.8 Å². The van der Waals surface area contributed by atoms with Crippen LogP contribution in [0.3, 0.4) is 0 Å². The molecule has 0 aliphatic carbocycles. The lowest BCUT2D eigenvalue weighted by molar-refractivity contribution is -0.108. The van der Waals surface area contributed by atoms with E-state index in [0.29, 0.717) is 43.2 Å². The Morgan fingerprint density at radius 2 is 2.03 bits per heavy atom. The van der Waals surface area contributed by atoms with Crippen LogP contribution in [-0.2, 0) is 9.53 Å². The summed E-state index contributed by atoms with van der Waals surface area (Å²) < 4.78 is 16.3. The Labute approximate surface area is 181 Å². The second-order valence-corrected chi connectivity index (χ2v) is 7.85. The van der Waals surface area contributed by atoms with E-state index in [9.17, 15) is 9.59 Å². The zero-order valence-corrected chi connectivity index (χ0v) is 18.5. The van der Waals surface area contributed by atoms with E-state index in [2.05, 4.69) is 0 Å². The van der Waals surface area contributed by atoms with Gasteiger partial charge in [-0.1, -0.05) is 0 Å². The fourth-order valence-corrected chi connectivity index (χ4v) is 3.90. The molecule has 0 aromatic heterocycles. The average molecular weight is 416 g/mol. The standard InChI is InChI=1S/C22H33BN2O5/c1-16(2)25(19-8-7-18(10-11-26)24(23)15-19)22(27)17-6-9-20(29-4)21(14-17)30-13-5-12-28-3/h6,9,11,14,16,18-19H,5,7-8,10,12-13,15H2,1-4H3. The normalized spacial score (nSPS) is 19.5. The van der Waals surface area contributed by atoms with Crippen molar-refractivity contribution in [3.63, 3.8) is 0 Å². The lowest BCUT2D eigenvalue weighted by Gasteiger charge is -2.44. The van der Waals surface area contributed by atoms with Gasteiger partial charge in [0.15, 0.2) is 19.5 Å². The van der Waals surface area contributed by atoms with Crippen LogP contribution in [0.5, 0.6) is 11.5 Å². The van der Waals surface area contributed by atoms with Crippen LogP contribution in [0, 0.1) is 0 Å². The summed E-state index contributed by atoms with van der Waals surface area (Å²) in [5, 5.41) is 0. The molecule has 1 fully saturated rings. The summed E-state index contributed by atoms with van der Waals surface area (Å²) in [6.45, 7) is 5.62. The summed E-state index contributed by atoms with van der Waals surface area (Å²) in [5.74, 6) is 1.06. The van der Waals surface area contributed by atoms with E-state index < -0.39 is 0 Å². The number of aldehydes is 1. The van der Waals surface area contributed by atoms with Crippen LogP contribution in [0.15, 0.2) is 18.2 Å². The first-order valence-electron chi connectivity index (χ1n) is 10.5. The molecule has 0 saturated carbocycles. The minimum atomic E-state index is -0.0679. The molecule has 8 heteroatoms. The highest BCUT2D eigenvalue weighted by Gasteiger charge is 2.33. The number of amides is 1. The van der Waals surface area contributed by atoms with Crippen molar-refractivity contribution >= 4 is 20.2 Å². The fourth-order valence-electron chi connectivity index (χ4n) is 3.90. The predicted molar refractivity (Wildman–Crippen MR) is 116 cm³/mol. The number of carbonyl (C=O) groups is 2. The minimum absolute atomic E-state index is 0.00620. The minimum Gasteiger partial charge on any atom is -0.493 e. The highest BCUT2D eigenvalue weighted by molar-refractivity contribution is 6.04. The lowest BCUT2D eigenvalue weighted by Crippen LogP contribution is -2.54. The van der Waals surface area contributed by atoms with Crippen LogP contribution in [0.2, 0.25) is 0 Å². The summed E-state index contributed by atoms with van der Waals surface area (Å²) in [5.41, 5.74) is 0.546. The first kappa shape index (κ1) is 24.2. The largest absolute Gasteiger partial charge is 0.493 e. The summed E-state index contributed by atoms with van der Waals surface area (Å²) in [6, 6.07) is 5.28. The van der Waals surface area contributed by atoms with Crippen molar-refractivity contribution in [2.75, 3.05) is 34.0 Å². The van der Waals surface area contributed by atoms with Gasteiger partial charge in [-0.05, 0) is 44.9 Å². The monoisotopic (exact) mass is 416 g/mol. The molecule has 1 aromatic carbocycles. The van der Waals surface area contributed by atoms with Crippen molar-refractivity contribution in [1.82, 2.24) is 9.71 Å². The zero-order valence-electron chi connectivity index (χ0n) is 18.5. The number of hydrogen-bond donors (Lipinski definition) is 0. The van der Waals surface area contributed by atoms with Gasteiger partial charge in [-0.2, -0.15) is 0 Å². The summed E-state index contributed by atoms with van der Waals surface area (Å²) in [6.07, 6.45) is 3.66. The first-order valence-corrected chi connectivity index (χ1v) is 10.5. The third-order valence-corrected chi connectivity index (χ3v) is 5.44. The van der Waals surface area contributed by atoms with Crippen molar-refractivity contribution in [1.29, 1.82) is 0 Å². The van der Waals surface area contributed by atoms with E-state index in [1.165, 1.54) is 0 Å². The number of ether oxygens (including phenoxy) is 3. The molecule has 2 atom stereocenters. The van der Waals surface area contributed by atoms with E-state index in [-0.39, 0.29) is 24.0 Å². The van der Waals surface area contributed by atoms with E-state index in [4.69, 9.17) is 22.2 Å². The van der Waals surface area contributed by atoms with Gasteiger partial charge in [0.1, 0.15) is 6.29 Å². The smallest absolute Gasteiger partial charge is 0.254 e. The molecule has 30 heavy (non-hydrogen) atoms. The fraction of sp³-hybridized carbons (Fsp3) is 0.636. The maximum Gasteiger partial charge on any atom is 0.254 e. The van der Waals surface area contributed by atoms with E-state index >= 15 is 0 Å². The van der Waals surface area contributed by atoms with Crippen LogP contribution in [0.25, 0.3) is 0 Å². The molecule has 2 rings (SSSR count). The van der Waals surface area contributed by atoms with E-state index in [1.54, 1.807) is 37.2 Å². The van der Waals surface area contributed by atoms with Gasteiger partial charge in [0, 0.05) is 56.8 Å². The number of rotatable bonds is 11. The zero-order chi connectivity index (χ0) is 22.1. The molecule has 1 aromatic rings. The van der Waals surface area contributed by atoms with E-state index in [0.717, 1.165) is 25.5 Å². The Balaban J connectivity index is 2.17. The quantitative estimate of drug-likeness (QED) is 0.314. The predicted octanol–water partition coefficient (Wildman–Crippen LogP) is 2.47. The Morgan fingerprint density at radius 1 is 1.27 bits per heavy atom. The van der Waals surface area contributed by atoms with Crippen LogP contribution >= 0.6 is 0 Å². The van der Waals surface area contributed by atoms with Crippen LogP contribution in [0.1, 0.15) is 49.9 Å². The Kier molecular flexibility index (Phi) is 9.65. The Morgan fingerprint density at radius 3 is 2.63 bits per heavy atom. The number of carbonyl (C=O) groups excluding carboxylic acids is 2. The highest BCUT2D eigenvalue weighted by atomic mass is 16.5. The van der Waals surface area contributed by atoms with Gasteiger partial charge in [0.2, 0.25) is 0 Å². The SMILES string of the molecule is [B]N1CC(N(C(=O)c2ccc(OC)c(OCCCOC)c2)C(C)C)CCC1CC=O. The number of hydrogen-bond acceptors (Lipinski definition) is 6. The number of nitrogens with zero attached hydrogens (tertiary/aromatic N) is 2. The molecule has 1 heterocycles. The second kappa shape index (κ2) is 12.0. The molecule has 2 radical (unpaired) electrons. The van der Waals surface area contributed by atoms with Gasteiger partial charge in [-0.15, -0.1) is 0 Å². The van der Waals surface area contributed by atoms with Gasteiger partial charge in [-0.3, -0.25) is 4.79 Å². The molecule has 164 valence electrons. The van der Waals surface area contributed by atoms with Crippen molar-refractivity contribution in [2.24, 2.45) is 0 Å². The maximum absolute atomic E-state index is 13.4. The molecule has 1 aliphatic rings. The molecule has 1 saturated heterocycles. The van der Waals surface area contributed by atoms with Gasteiger partial charge in [0.05, 0.1) is 13.7 Å². The van der Waals surface area contributed by atoms with Gasteiger partial charge < -0.3 is 28.7 Å². The molecule has 1 aliphatic heterocycles. The average Bonchev–Trinajstić information content (AvgIpc) is 2.73. The van der Waals surface area contributed by atoms with Crippen molar-refractivity contribution in [2.45, 2.75) is 57.7 Å². The molecule has 1 amide bonds. The summed E-state index contributed by atoms with van der Waals surface area (Å²) in [4.78, 5) is 27.9. The molecule has 7 nitrogen and oxygen atoms in total. The topological polar surface area (TPSA) is 68.3 Å². The molecule has 0 bridgehead atoms. The van der Waals surface area contributed by atoms with Crippen molar-refractivity contribution in [3.8, 4) is 11.5 Å². The van der Waals surface area contributed by atoms with E-state index in [1.807, 2.05) is 18.7 Å². The number of benzene rings is 1. The molecule has 2 unspecified atom stereocenters. The molecule has 0 spiro atoms. The number of piperidine rings is 1. The van der Waals surface area contributed by atoms with Gasteiger partial charge in [-0.25, -0.2) is 0 Å². The van der Waals surface area contributed by atoms with Crippen LogP contribution < -0.4 is 9.47 Å². The van der Waals surface area contributed by atoms with Crippen LogP contribution in [-0.4, -0.2) is 82.0 Å². The Hall–Kier alpha value is -2.06. The van der Waals surface area contributed by atoms with Crippen molar-refractivity contribution < 1.29 is 23.8 Å². The first-order chi connectivity index (χ1) is 14.4.